The molecule has 0 spiro atoms. The number of fused-ring (bicyclic) bond motifs is 5. The predicted molar refractivity (Wildman–Crippen MR) is 92.5 cm³/mol. The molecule has 1 N–H and O–H groups in total. The van der Waals surface area contributed by atoms with Crippen molar-refractivity contribution in [2.75, 3.05) is 6.67 Å². The second-order valence-electron chi connectivity index (χ2n) is 8.62. The molecule has 25 heavy (non-hydrogen) atoms. The molecule has 134 valence electrons. The summed E-state index contributed by atoms with van der Waals surface area (Å²) in [5, 5.41) is 11.1. The quantitative estimate of drug-likeness (QED) is 0.836. The van der Waals surface area contributed by atoms with Gasteiger partial charge in [0.15, 0.2) is 18.2 Å². The number of halogens is 1. The molecule has 4 heteroatoms. The van der Waals surface area contributed by atoms with Crippen LogP contribution in [0.15, 0.2) is 35.5 Å². The average Bonchev–Trinajstić information content (AvgIpc) is 2.91. The SMILES string of the molecule is C[C@]12C=CC(=O)C=C1CC[C@@H]1C2[C@@H](O)C[C@]2(C)C(C(=O)CF)=CCC12. The summed E-state index contributed by atoms with van der Waals surface area (Å²) in [6, 6.07) is 0. The first-order valence-electron chi connectivity index (χ1n) is 9.23. The summed E-state index contributed by atoms with van der Waals surface area (Å²) in [4.78, 5) is 23.9. The van der Waals surface area contributed by atoms with Crippen molar-refractivity contribution in [1.82, 2.24) is 0 Å². The Balaban J connectivity index is 1.72. The Morgan fingerprint density at radius 2 is 2.16 bits per heavy atom. The molecule has 0 aromatic rings. The summed E-state index contributed by atoms with van der Waals surface area (Å²) in [5.41, 5.74) is 0.966. The number of carbonyl (C=O) groups is 2. The van der Waals surface area contributed by atoms with Gasteiger partial charge >= 0.3 is 0 Å². The van der Waals surface area contributed by atoms with Crippen LogP contribution in [0.25, 0.3) is 0 Å². The monoisotopic (exact) mass is 344 g/mol. The minimum Gasteiger partial charge on any atom is -0.393 e. The summed E-state index contributed by atoms with van der Waals surface area (Å²) < 4.78 is 13.0. The van der Waals surface area contributed by atoms with Gasteiger partial charge in [0.05, 0.1) is 6.10 Å². The van der Waals surface area contributed by atoms with E-state index in [0.717, 1.165) is 24.8 Å². The molecule has 0 radical (unpaired) electrons. The first-order chi connectivity index (χ1) is 11.8. The van der Waals surface area contributed by atoms with Crippen LogP contribution < -0.4 is 0 Å². The van der Waals surface area contributed by atoms with Crippen molar-refractivity contribution >= 4 is 11.6 Å². The highest BCUT2D eigenvalue weighted by molar-refractivity contribution is 6.01. The van der Waals surface area contributed by atoms with Crippen molar-refractivity contribution < 1.29 is 19.1 Å². The van der Waals surface area contributed by atoms with Gasteiger partial charge in [0, 0.05) is 22.3 Å². The molecule has 2 unspecified atom stereocenters. The Morgan fingerprint density at radius 3 is 2.88 bits per heavy atom. The zero-order chi connectivity index (χ0) is 18.0. The van der Waals surface area contributed by atoms with Gasteiger partial charge in [-0.15, -0.1) is 0 Å². The van der Waals surface area contributed by atoms with E-state index in [4.69, 9.17) is 0 Å². The van der Waals surface area contributed by atoms with Crippen molar-refractivity contribution in [3.63, 3.8) is 0 Å². The highest BCUT2D eigenvalue weighted by atomic mass is 19.1. The molecule has 0 aromatic heterocycles. The van der Waals surface area contributed by atoms with Gasteiger partial charge in [-0.1, -0.05) is 31.6 Å². The Hall–Kier alpha value is -1.55. The number of aliphatic hydroxyl groups excluding tert-OH is 1. The van der Waals surface area contributed by atoms with Gasteiger partial charge in [-0.3, -0.25) is 9.59 Å². The molecule has 3 nitrogen and oxygen atoms in total. The Labute approximate surface area is 147 Å². The van der Waals surface area contributed by atoms with Gasteiger partial charge < -0.3 is 5.11 Å². The highest BCUT2D eigenvalue weighted by Crippen LogP contribution is 2.64. The van der Waals surface area contributed by atoms with Crippen molar-refractivity contribution in [3.8, 4) is 0 Å². The maximum Gasteiger partial charge on any atom is 0.190 e. The first-order valence-corrected chi connectivity index (χ1v) is 9.23. The predicted octanol–water partition coefficient (Wildman–Crippen LogP) is 3.34. The van der Waals surface area contributed by atoms with Gasteiger partial charge in [-0.25, -0.2) is 4.39 Å². The van der Waals surface area contributed by atoms with Crippen molar-refractivity contribution in [2.45, 2.75) is 45.6 Å². The van der Waals surface area contributed by atoms with E-state index < -0.39 is 24.0 Å². The van der Waals surface area contributed by atoms with Crippen LogP contribution in [0.4, 0.5) is 4.39 Å². The lowest BCUT2D eigenvalue weighted by atomic mass is 9.47. The molecule has 4 rings (SSSR count). The van der Waals surface area contributed by atoms with Crippen LogP contribution in [0.5, 0.6) is 0 Å². The second kappa shape index (κ2) is 5.47. The van der Waals surface area contributed by atoms with E-state index in [1.807, 2.05) is 19.1 Å². The number of hydrogen-bond donors (Lipinski definition) is 1. The third-order valence-corrected chi connectivity index (χ3v) is 7.50. The fraction of sp³-hybridized carbons (Fsp3) is 0.619. The zero-order valence-electron chi connectivity index (χ0n) is 14.8. The number of alkyl halides is 1. The van der Waals surface area contributed by atoms with Gasteiger partial charge in [0.2, 0.25) is 0 Å². The van der Waals surface area contributed by atoms with Crippen molar-refractivity contribution in [3.05, 3.63) is 35.5 Å². The molecule has 0 aromatic carbocycles. The van der Waals surface area contributed by atoms with E-state index in [2.05, 4.69) is 6.92 Å². The topological polar surface area (TPSA) is 54.4 Å². The molecule has 4 aliphatic carbocycles. The van der Waals surface area contributed by atoms with Crippen LogP contribution in [-0.4, -0.2) is 29.5 Å². The highest BCUT2D eigenvalue weighted by Gasteiger charge is 2.60. The standard InChI is InChI=1S/C21H25FO3/c1-20-8-7-13(23)9-12(20)3-4-14-15-5-6-16(18(25)11-22)21(15,2)10-17(24)19(14)20/h6-9,14-15,17,19,24H,3-5,10-11H2,1-2H3/t14-,15?,17-,19?,20-,21-/m0/s1. The van der Waals surface area contributed by atoms with Crippen molar-refractivity contribution in [2.24, 2.45) is 28.6 Å². The minimum absolute atomic E-state index is 0.0272. The lowest BCUT2D eigenvalue weighted by molar-refractivity contribution is -0.123. The summed E-state index contributed by atoms with van der Waals surface area (Å²) >= 11 is 0. The fourth-order valence-corrected chi connectivity index (χ4v) is 6.40. The molecule has 2 fully saturated rings. The van der Waals surface area contributed by atoms with E-state index in [1.165, 1.54) is 0 Å². The van der Waals surface area contributed by atoms with Crippen LogP contribution in [0.3, 0.4) is 0 Å². The largest absolute Gasteiger partial charge is 0.393 e. The van der Waals surface area contributed by atoms with Crippen LogP contribution in [-0.2, 0) is 9.59 Å². The average molecular weight is 344 g/mol. The lowest BCUT2D eigenvalue weighted by Crippen LogP contribution is -2.55. The summed E-state index contributed by atoms with van der Waals surface area (Å²) in [6.07, 6.45) is 9.71. The van der Waals surface area contributed by atoms with E-state index in [0.29, 0.717) is 12.0 Å². The molecule has 0 bridgehead atoms. The smallest absolute Gasteiger partial charge is 0.190 e. The Morgan fingerprint density at radius 1 is 1.40 bits per heavy atom. The maximum absolute atomic E-state index is 13.0. The number of allylic oxidation sites excluding steroid dienone is 6. The van der Waals surface area contributed by atoms with Gasteiger partial charge in [-0.2, -0.15) is 0 Å². The van der Waals surface area contributed by atoms with E-state index in [9.17, 15) is 19.1 Å². The number of carbonyl (C=O) groups excluding carboxylic acids is 2. The summed E-state index contributed by atoms with van der Waals surface area (Å²) in [7, 11) is 0. The lowest BCUT2D eigenvalue weighted by Gasteiger charge is -2.58. The number of aliphatic hydroxyl groups is 1. The molecule has 6 atom stereocenters. The summed E-state index contributed by atoms with van der Waals surface area (Å²) in [6.45, 7) is 3.19. The molecular formula is C21H25FO3. The van der Waals surface area contributed by atoms with E-state index in [-0.39, 0.29) is 29.0 Å². The summed E-state index contributed by atoms with van der Waals surface area (Å²) in [5.74, 6) is 0.176. The first kappa shape index (κ1) is 16.9. The second-order valence-corrected chi connectivity index (χ2v) is 8.62. The zero-order valence-corrected chi connectivity index (χ0v) is 14.8. The van der Waals surface area contributed by atoms with E-state index >= 15 is 0 Å². The van der Waals surface area contributed by atoms with Crippen LogP contribution >= 0.6 is 0 Å². The van der Waals surface area contributed by atoms with Gasteiger partial charge in [0.25, 0.3) is 0 Å². The number of ketones is 2. The van der Waals surface area contributed by atoms with Crippen molar-refractivity contribution in [1.29, 1.82) is 0 Å². The Bertz CT molecular complexity index is 733. The molecule has 2 saturated carbocycles. The molecule has 0 aliphatic heterocycles. The van der Waals surface area contributed by atoms with Crippen LogP contribution in [0, 0.1) is 28.6 Å². The van der Waals surface area contributed by atoms with Gasteiger partial charge in [-0.05, 0) is 49.7 Å². The third-order valence-electron chi connectivity index (χ3n) is 7.50. The fourth-order valence-electron chi connectivity index (χ4n) is 6.40. The number of Topliss-reactive ketones (excluding diaryl/α,β-unsaturated/α-hetero) is 1. The molecule has 4 aliphatic rings. The normalized spacial score (nSPS) is 45.2. The number of rotatable bonds is 2. The molecular weight excluding hydrogens is 319 g/mol. The molecule has 0 amide bonds. The maximum atomic E-state index is 13.0. The molecule has 0 saturated heterocycles. The van der Waals surface area contributed by atoms with E-state index in [1.54, 1.807) is 12.2 Å². The van der Waals surface area contributed by atoms with Crippen LogP contribution in [0.1, 0.15) is 39.5 Å². The Kier molecular flexibility index (Phi) is 3.70. The third kappa shape index (κ3) is 2.19. The van der Waals surface area contributed by atoms with Crippen LogP contribution in [0.2, 0.25) is 0 Å². The van der Waals surface area contributed by atoms with Gasteiger partial charge in [0.1, 0.15) is 0 Å². The number of hydrogen-bond acceptors (Lipinski definition) is 3. The molecule has 0 heterocycles. The minimum atomic E-state index is -0.964.